The van der Waals surface area contributed by atoms with Gasteiger partial charge in [0.15, 0.2) is 12.7 Å². The fourth-order valence-electron chi connectivity index (χ4n) is 3.77. The summed E-state index contributed by atoms with van der Waals surface area (Å²) < 4.78 is 19.2. The molecule has 3 heterocycles. The minimum Gasteiger partial charge on any atom is -0.337 e. The van der Waals surface area contributed by atoms with Gasteiger partial charge in [-0.25, -0.2) is 4.39 Å². The van der Waals surface area contributed by atoms with E-state index in [0.717, 1.165) is 35.9 Å². The molecule has 0 saturated carbocycles. The highest BCUT2D eigenvalue weighted by Crippen LogP contribution is 2.45. The summed E-state index contributed by atoms with van der Waals surface area (Å²) in [7, 11) is 1.92. The van der Waals surface area contributed by atoms with Gasteiger partial charge < -0.3 is 4.90 Å². The normalized spacial score (nSPS) is 15.4. The Labute approximate surface area is 207 Å². The molecule has 0 bridgehead atoms. The van der Waals surface area contributed by atoms with E-state index < -0.39 is 0 Å². The molecule has 0 radical (unpaired) electrons. The number of rotatable bonds is 4. The van der Waals surface area contributed by atoms with Gasteiger partial charge >= 0.3 is 0 Å². The van der Waals surface area contributed by atoms with Crippen LogP contribution in [0.15, 0.2) is 63.7 Å². The number of hydrogen-bond acceptors (Lipinski definition) is 5. The molecule has 4 aromatic rings. The molecule has 33 heavy (non-hydrogen) atoms. The van der Waals surface area contributed by atoms with Gasteiger partial charge in [0.05, 0.1) is 22.2 Å². The first-order valence-corrected chi connectivity index (χ1v) is 13.2. The molecule has 5 rings (SSSR count). The van der Waals surface area contributed by atoms with E-state index in [9.17, 15) is 9.18 Å². The predicted molar refractivity (Wildman–Crippen MR) is 136 cm³/mol. The molecule has 168 valence electrons. The lowest BCUT2D eigenvalue weighted by Gasteiger charge is -2.12. The van der Waals surface area contributed by atoms with Crippen LogP contribution in [-0.2, 0) is 13.1 Å². The lowest BCUT2D eigenvalue weighted by molar-refractivity contribution is -0.685. The van der Waals surface area contributed by atoms with Gasteiger partial charge in [-0.2, -0.15) is 4.57 Å². The third kappa shape index (κ3) is 4.17. The van der Waals surface area contributed by atoms with Crippen LogP contribution in [0.25, 0.3) is 11.1 Å². The molecule has 2 aromatic carbocycles. The van der Waals surface area contributed by atoms with Crippen molar-refractivity contribution in [2.24, 2.45) is 0 Å². The van der Waals surface area contributed by atoms with E-state index in [2.05, 4.69) is 10.6 Å². The van der Waals surface area contributed by atoms with Crippen LogP contribution in [0, 0.1) is 5.82 Å². The van der Waals surface area contributed by atoms with Crippen molar-refractivity contribution in [3.8, 4) is 0 Å². The topological polar surface area (TPSA) is 29.1 Å². The van der Waals surface area contributed by atoms with Gasteiger partial charge in [0, 0.05) is 24.1 Å². The molecule has 0 saturated heterocycles. The minimum absolute atomic E-state index is 0.0226. The SMILES string of the molecule is CCn1c(=Cc2scc[n+]2Cc2ccccc2Cl)sc(=C2Sc3cc(F)ccc3N2C)c1=O. The number of nitrogens with zero attached hydrogens (tertiary/aromatic N) is 3. The summed E-state index contributed by atoms with van der Waals surface area (Å²) in [6, 6.07) is 12.5. The first-order valence-electron chi connectivity index (χ1n) is 10.3. The zero-order valence-corrected chi connectivity index (χ0v) is 21.1. The molecule has 4 nitrogen and oxygen atoms in total. The average Bonchev–Trinajstić information content (AvgIpc) is 3.46. The summed E-state index contributed by atoms with van der Waals surface area (Å²) in [6.07, 6.45) is 4.09. The molecule has 0 unspecified atom stereocenters. The van der Waals surface area contributed by atoms with Gasteiger partial charge in [-0.15, -0.1) is 11.3 Å². The molecule has 0 N–H and O–H groups in total. The van der Waals surface area contributed by atoms with Crippen molar-refractivity contribution >= 4 is 62.8 Å². The van der Waals surface area contributed by atoms with Gasteiger partial charge in [0.2, 0.25) is 0 Å². The van der Waals surface area contributed by atoms with Crippen LogP contribution in [0.1, 0.15) is 17.5 Å². The highest BCUT2D eigenvalue weighted by Gasteiger charge is 2.25. The molecule has 1 aliphatic heterocycles. The second kappa shape index (κ2) is 9.10. The highest BCUT2D eigenvalue weighted by atomic mass is 35.5. The van der Waals surface area contributed by atoms with Crippen molar-refractivity contribution in [1.29, 1.82) is 0 Å². The second-order valence-electron chi connectivity index (χ2n) is 7.50. The zero-order valence-electron chi connectivity index (χ0n) is 17.9. The fourth-order valence-corrected chi connectivity index (χ4v) is 7.31. The number of aromatic nitrogens is 2. The van der Waals surface area contributed by atoms with E-state index in [4.69, 9.17) is 11.6 Å². The Hall–Kier alpha value is -2.39. The lowest BCUT2D eigenvalue weighted by atomic mass is 10.2. The standard InChI is InChI=1S/C24H20ClFN3OS3/c1-3-29-21(13-20-28(10-11-31-20)14-15-6-4-5-7-17(15)25)33-22(23(29)30)24-27(2)18-9-8-16(26)12-19(18)32-24/h4-13H,3,14H2,1-2H3/q+1. The second-order valence-corrected chi connectivity index (χ2v) is 10.9. The van der Waals surface area contributed by atoms with E-state index in [1.165, 1.54) is 35.2 Å². The number of fused-ring (bicyclic) bond motifs is 1. The molecule has 2 aromatic heterocycles. The third-order valence-corrected chi connectivity index (χ3v) is 9.16. The summed E-state index contributed by atoms with van der Waals surface area (Å²) in [4.78, 5) is 16.1. The van der Waals surface area contributed by atoms with Gasteiger partial charge in [-0.3, -0.25) is 9.36 Å². The van der Waals surface area contributed by atoms with Crippen molar-refractivity contribution in [1.82, 2.24) is 4.57 Å². The Kier molecular flexibility index (Phi) is 6.18. The van der Waals surface area contributed by atoms with Crippen LogP contribution >= 0.6 is 46.0 Å². The molecule has 0 amide bonds. The van der Waals surface area contributed by atoms with Crippen molar-refractivity contribution in [2.75, 3.05) is 11.9 Å². The van der Waals surface area contributed by atoms with Crippen LogP contribution in [-0.4, -0.2) is 11.6 Å². The first kappa shape index (κ1) is 22.4. The Morgan fingerprint density at radius 3 is 2.82 bits per heavy atom. The largest absolute Gasteiger partial charge is 0.337 e. The van der Waals surface area contributed by atoms with Gasteiger partial charge in [0.1, 0.15) is 20.0 Å². The van der Waals surface area contributed by atoms with E-state index in [1.54, 1.807) is 22.0 Å². The van der Waals surface area contributed by atoms with Crippen molar-refractivity contribution < 1.29 is 8.96 Å². The van der Waals surface area contributed by atoms with Crippen molar-refractivity contribution in [2.45, 2.75) is 24.9 Å². The number of hydrogen-bond donors (Lipinski definition) is 0. The maximum Gasteiger partial charge on any atom is 0.271 e. The summed E-state index contributed by atoms with van der Waals surface area (Å²) in [5.74, 6) is -0.275. The lowest BCUT2D eigenvalue weighted by Crippen LogP contribution is -2.36. The number of thioether (sulfide) groups is 1. The molecule has 9 heteroatoms. The smallest absolute Gasteiger partial charge is 0.271 e. The molecular weight excluding hydrogens is 497 g/mol. The fraction of sp³-hybridized carbons (Fsp3) is 0.167. The molecule has 0 atom stereocenters. The van der Waals surface area contributed by atoms with Crippen LogP contribution in [0.4, 0.5) is 10.1 Å². The summed E-state index contributed by atoms with van der Waals surface area (Å²) in [5, 5.41) is 4.64. The maximum atomic E-state index is 13.7. The monoisotopic (exact) mass is 516 g/mol. The van der Waals surface area contributed by atoms with Crippen LogP contribution in [0.3, 0.4) is 0 Å². The number of benzene rings is 2. The van der Waals surface area contributed by atoms with E-state index in [1.807, 2.05) is 54.7 Å². The molecule has 0 fully saturated rings. The highest BCUT2D eigenvalue weighted by molar-refractivity contribution is 8.08. The molecule has 1 aliphatic rings. The van der Waals surface area contributed by atoms with Crippen molar-refractivity contribution in [3.63, 3.8) is 0 Å². The Balaban J connectivity index is 1.61. The first-order chi connectivity index (χ1) is 16.0. The quantitative estimate of drug-likeness (QED) is 0.380. The van der Waals surface area contributed by atoms with Gasteiger partial charge in [-0.1, -0.05) is 52.9 Å². The summed E-state index contributed by atoms with van der Waals surface area (Å²) in [5.41, 5.74) is 1.93. The Morgan fingerprint density at radius 1 is 1.21 bits per heavy atom. The number of halogens is 2. The Morgan fingerprint density at radius 2 is 2.03 bits per heavy atom. The van der Waals surface area contributed by atoms with Gasteiger partial charge in [0.25, 0.3) is 10.6 Å². The predicted octanol–water partition coefficient (Wildman–Crippen LogP) is 4.26. The number of thiazole rings is 2. The number of anilines is 1. The van der Waals surface area contributed by atoms with Crippen LogP contribution in [0.5, 0.6) is 0 Å². The van der Waals surface area contributed by atoms with E-state index in [0.29, 0.717) is 17.6 Å². The minimum atomic E-state index is -0.275. The maximum absolute atomic E-state index is 13.7. The third-order valence-electron chi connectivity index (χ3n) is 5.48. The van der Waals surface area contributed by atoms with Crippen molar-refractivity contribution in [3.05, 3.63) is 95.0 Å². The van der Waals surface area contributed by atoms with Crippen LogP contribution < -0.4 is 24.2 Å². The average molecular weight is 517 g/mol. The molecule has 0 spiro atoms. The van der Waals surface area contributed by atoms with Gasteiger partial charge in [-0.05, 0) is 31.2 Å². The summed E-state index contributed by atoms with van der Waals surface area (Å²) >= 11 is 10.9. The molecular formula is C24H20ClFN3OS3+. The van der Waals surface area contributed by atoms with E-state index in [-0.39, 0.29) is 11.4 Å². The molecule has 0 aliphatic carbocycles. The van der Waals surface area contributed by atoms with E-state index >= 15 is 0 Å². The summed E-state index contributed by atoms with van der Waals surface area (Å²) in [6.45, 7) is 3.20. The Bertz CT molecular complexity index is 1540. The zero-order chi connectivity index (χ0) is 23.1. The van der Waals surface area contributed by atoms with Crippen LogP contribution in [0.2, 0.25) is 5.02 Å².